The maximum absolute atomic E-state index is 11.5. The highest BCUT2D eigenvalue weighted by Gasteiger charge is 2.31. The van der Waals surface area contributed by atoms with Crippen LogP contribution in [0.15, 0.2) is 30.3 Å². The third-order valence-corrected chi connectivity index (χ3v) is 2.59. The van der Waals surface area contributed by atoms with Crippen molar-refractivity contribution in [1.82, 2.24) is 4.90 Å². The smallest absolute Gasteiger partial charge is 0.410 e. The van der Waals surface area contributed by atoms with Crippen LogP contribution in [0.1, 0.15) is 12.0 Å². The minimum Gasteiger partial charge on any atom is -0.444 e. The molecule has 2 amide bonds. The van der Waals surface area contributed by atoms with Crippen LogP contribution in [0.2, 0.25) is 0 Å². The Kier molecular flexibility index (Phi) is 3.27. The molecule has 1 aliphatic rings. The maximum Gasteiger partial charge on any atom is 0.410 e. The Labute approximate surface area is 99.2 Å². The van der Waals surface area contributed by atoms with Crippen LogP contribution in [0, 0.1) is 0 Å². The Balaban J connectivity index is 1.95. The first-order chi connectivity index (χ1) is 8.15. The molecule has 17 heavy (non-hydrogen) atoms. The third-order valence-electron chi connectivity index (χ3n) is 2.59. The molecule has 0 aliphatic carbocycles. The predicted octanol–water partition coefficient (Wildman–Crippen LogP) is 0.883. The van der Waals surface area contributed by atoms with E-state index in [4.69, 9.17) is 10.5 Å². The van der Waals surface area contributed by atoms with E-state index in [2.05, 4.69) is 0 Å². The van der Waals surface area contributed by atoms with Crippen molar-refractivity contribution in [2.45, 2.75) is 19.1 Å². The Bertz CT molecular complexity index is 419. The summed E-state index contributed by atoms with van der Waals surface area (Å²) in [5.74, 6) is -0.454. The van der Waals surface area contributed by atoms with Crippen LogP contribution < -0.4 is 5.73 Å². The minimum atomic E-state index is -0.454. The van der Waals surface area contributed by atoms with Gasteiger partial charge in [-0.2, -0.15) is 0 Å². The number of amides is 2. The number of cyclic esters (lactones) is 1. The first kappa shape index (κ1) is 11.4. The molecule has 2 rings (SSSR count). The highest BCUT2D eigenvalue weighted by Crippen LogP contribution is 2.16. The number of nitrogens with two attached hydrogens (primary N) is 1. The molecule has 0 aromatic heterocycles. The highest BCUT2D eigenvalue weighted by atomic mass is 16.6. The number of benzene rings is 1. The van der Waals surface area contributed by atoms with Gasteiger partial charge in [0.15, 0.2) is 0 Å². The number of carbonyl (C=O) groups excluding carboxylic acids is 2. The molecule has 1 fully saturated rings. The summed E-state index contributed by atoms with van der Waals surface area (Å²) >= 11 is 0. The summed E-state index contributed by atoms with van der Waals surface area (Å²) in [5.41, 5.74) is 6.10. The number of carbonyl (C=O) groups is 2. The molecule has 0 bridgehead atoms. The molecule has 90 valence electrons. The number of primary amides is 1. The summed E-state index contributed by atoms with van der Waals surface area (Å²) in [4.78, 5) is 23.8. The van der Waals surface area contributed by atoms with E-state index in [0.717, 1.165) is 5.56 Å². The topological polar surface area (TPSA) is 72.6 Å². The lowest BCUT2D eigenvalue weighted by Gasteiger charge is -2.12. The Morgan fingerprint density at radius 1 is 1.41 bits per heavy atom. The van der Waals surface area contributed by atoms with Crippen molar-refractivity contribution in [2.24, 2.45) is 5.73 Å². The zero-order valence-corrected chi connectivity index (χ0v) is 9.33. The molecule has 0 radical (unpaired) electrons. The van der Waals surface area contributed by atoms with Gasteiger partial charge in [0.1, 0.15) is 6.10 Å². The number of rotatable bonds is 4. The molecular formula is C12H14N2O3. The quantitative estimate of drug-likeness (QED) is 0.840. The molecule has 1 saturated heterocycles. The van der Waals surface area contributed by atoms with E-state index in [1.165, 1.54) is 0 Å². The molecule has 5 nitrogen and oxygen atoms in total. The van der Waals surface area contributed by atoms with Gasteiger partial charge < -0.3 is 15.4 Å². The van der Waals surface area contributed by atoms with Gasteiger partial charge >= 0.3 is 6.09 Å². The van der Waals surface area contributed by atoms with Crippen molar-refractivity contribution >= 4 is 12.0 Å². The first-order valence-electron chi connectivity index (χ1n) is 5.43. The summed E-state index contributed by atoms with van der Waals surface area (Å²) in [6, 6.07) is 9.63. The van der Waals surface area contributed by atoms with Gasteiger partial charge in [-0.05, 0) is 5.56 Å². The molecule has 1 aromatic rings. The molecule has 1 atom stereocenters. The predicted molar refractivity (Wildman–Crippen MR) is 60.9 cm³/mol. The van der Waals surface area contributed by atoms with Crippen LogP contribution in [0.4, 0.5) is 4.79 Å². The fourth-order valence-corrected chi connectivity index (χ4v) is 1.84. The van der Waals surface area contributed by atoms with Gasteiger partial charge in [-0.25, -0.2) is 4.79 Å². The molecule has 1 heterocycles. The van der Waals surface area contributed by atoms with E-state index < -0.39 is 12.0 Å². The highest BCUT2D eigenvalue weighted by molar-refractivity contribution is 5.76. The average molecular weight is 234 g/mol. The number of nitrogens with zero attached hydrogens (tertiary/aromatic N) is 1. The second kappa shape index (κ2) is 4.86. The maximum atomic E-state index is 11.5. The van der Waals surface area contributed by atoms with Crippen LogP contribution in [-0.2, 0) is 16.1 Å². The van der Waals surface area contributed by atoms with Gasteiger partial charge in [-0.1, -0.05) is 30.3 Å². The second-order valence-corrected chi connectivity index (χ2v) is 4.04. The molecule has 0 saturated carbocycles. The van der Waals surface area contributed by atoms with E-state index in [9.17, 15) is 9.59 Å². The van der Waals surface area contributed by atoms with Crippen molar-refractivity contribution in [2.75, 3.05) is 6.54 Å². The van der Waals surface area contributed by atoms with Gasteiger partial charge in [0.2, 0.25) is 5.91 Å². The number of ether oxygens (including phenoxy) is 1. The summed E-state index contributed by atoms with van der Waals surface area (Å²) < 4.78 is 5.04. The van der Waals surface area contributed by atoms with Gasteiger partial charge in [-0.15, -0.1) is 0 Å². The van der Waals surface area contributed by atoms with Crippen molar-refractivity contribution < 1.29 is 14.3 Å². The molecular weight excluding hydrogens is 220 g/mol. The average Bonchev–Trinajstić information content (AvgIpc) is 2.59. The molecule has 1 aliphatic heterocycles. The molecule has 0 spiro atoms. The zero-order chi connectivity index (χ0) is 12.3. The Morgan fingerprint density at radius 3 is 2.76 bits per heavy atom. The minimum absolute atomic E-state index is 0.0804. The van der Waals surface area contributed by atoms with E-state index in [-0.39, 0.29) is 12.5 Å². The first-order valence-corrected chi connectivity index (χ1v) is 5.43. The fourth-order valence-electron chi connectivity index (χ4n) is 1.84. The molecule has 1 aromatic carbocycles. The van der Waals surface area contributed by atoms with E-state index in [1.807, 2.05) is 30.3 Å². The van der Waals surface area contributed by atoms with Crippen molar-refractivity contribution in [3.05, 3.63) is 35.9 Å². The Hall–Kier alpha value is -2.04. The normalized spacial score (nSPS) is 19.2. The van der Waals surface area contributed by atoms with Gasteiger partial charge in [-0.3, -0.25) is 4.79 Å². The van der Waals surface area contributed by atoms with Crippen LogP contribution in [-0.4, -0.2) is 29.5 Å². The standard InChI is InChI=1S/C12H14N2O3/c13-11(15)6-10-8-14(12(16)17-10)7-9-4-2-1-3-5-9/h1-5,10H,6-8H2,(H2,13,15). The summed E-state index contributed by atoms with van der Waals surface area (Å²) in [6.45, 7) is 0.908. The zero-order valence-electron chi connectivity index (χ0n) is 9.33. The monoisotopic (exact) mass is 234 g/mol. The summed E-state index contributed by atoms with van der Waals surface area (Å²) in [6.07, 6.45) is -0.722. The van der Waals surface area contributed by atoms with Gasteiger partial charge in [0.05, 0.1) is 13.0 Å². The van der Waals surface area contributed by atoms with Crippen molar-refractivity contribution in [3.8, 4) is 0 Å². The Morgan fingerprint density at radius 2 is 2.12 bits per heavy atom. The van der Waals surface area contributed by atoms with Crippen LogP contribution in [0.25, 0.3) is 0 Å². The molecule has 2 N–H and O–H groups in total. The third kappa shape index (κ3) is 2.96. The van der Waals surface area contributed by atoms with Crippen LogP contribution in [0.5, 0.6) is 0 Å². The van der Waals surface area contributed by atoms with Crippen LogP contribution >= 0.6 is 0 Å². The second-order valence-electron chi connectivity index (χ2n) is 4.04. The van der Waals surface area contributed by atoms with Crippen molar-refractivity contribution in [3.63, 3.8) is 0 Å². The largest absolute Gasteiger partial charge is 0.444 e. The SMILES string of the molecule is NC(=O)CC1CN(Cc2ccccc2)C(=O)O1. The number of hydrogen-bond donors (Lipinski definition) is 1. The molecule has 1 unspecified atom stereocenters. The lowest BCUT2D eigenvalue weighted by Crippen LogP contribution is -2.26. The molecule has 5 heteroatoms. The van der Waals surface area contributed by atoms with Crippen molar-refractivity contribution in [1.29, 1.82) is 0 Å². The lowest BCUT2D eigenvalue weighted by molar-refractivity contribution is -0.119. The lowest BCUT2D eigenvalue weighted by atomic mass is 10.2. The fraction of sp³-hybridized carbons (Fsp3) is 0.333. The van der Waals surface area contributed by atoms with Gasteiger partial charge in [0.25, 0.3) is 0 Å². The van der Waals surface area contributed by atoms with Gasteiger partial charge in [0, 0.05) is 6.54 Å². The van der Waals surface area contributed by atoms with Crippen LogP contribution in [0.3, 0.4) is 0 Å². The summed E-state index contributed by atoms with van der Waals surface area (Å²) in [5, 5.41) is 0. The van der Waals surface area contributed by atoms with E-state index >= 15 is 0 Å². The van der Waals surface area contributed by atoms with E-state index in [1.54, 1.807) is 4.90 Å². The summed E-state index contributed by atoms with van der Waals surface area (Å²) in [7, 11) is 0. The number of hydrogen-bond acceptors (Lipinski definition) is 3. The van der Waals surface area contributed by atoms with E-state index in [0.29, 0.717) is 13.1 Å².